The van der Waals surface area contributed by atoms with Crippen LogP contribution < -0.4 is 0 Å². The van der Waals surface area contributed by atoms with E-state index in [2.05, 4.69) is 0 Å². The lowest BCUT2D eigenvalue weighted by molar-refractivity contribution is -0.384. The Kier molecular flexibility index (Phi) is 11.4. The van der Waals surface area contributed by atoms with Crippen LogP contribution in [0.15, 0.2) is 89.8 Å². The molecule has 3 rings (SSSR count). The Bertz CT molecular complexity index is 1290. The Labute approximate surface area is 228 Å². The van der Waals surface area contributed by atoms with Crippen molar-refractivity contribution >= 4 is 23.4 Å². The molecule has 0 unspecified atom stereocenters. The average molecular weight is 578 g/mol. The van der Waals surface area contributed by atoms with Crippen molar-refractivity contribution in [1.29, 1.82) is 0 Å². The normalized spacial score (nSPS) is 13.6. The lowest BCUT2D eigenvalue weighted by Gasteiger charge is -2.30. The van der Waals surface area contributed by atoms with Crippen molar-refractivity contribution in [2.75, 3.05) is 0 Å². The molecule has 0 heterocycles. The van der Waals surface area contributed by atoms with E-state index in [4.69, 9.17) is 13.2 Å². The number of non-ortho nitro benzene ring substituents is 1. The monoisotopic (exact) mass is 577 g/mol. The first-order valence-corrected chi connectivity index (χ1v) is 15.5. The number of benzene rings is 3. The molecule has 0 bridgehead atoms. The summed E-state index contributed by atoms with van der Waals surface area (Å²) in [5.74, 6) is -1.89. The minimum atomic E-state index is -4.64. The van der Waals surface area contributed by atoms with E-state index in [0.717, 1.165) is 37.1 Å². The van der Waals surface area contributed by atoms with Gasteiger partial charge in [0.05, 0.1) is 29.1 Å². The largest absolute Gasteiger partial charge is 0.390 e. The van der Waals surface area contributed by atoms with Crippen LogP contribution in [-0.2, 0) is 41.1 Å². The molecule has 0 saturated carbocycles. The molecule has 39 heavy (non-hydrogen) atoms. The third kappa shape index (κ3) is 9.06. The number of nitro benzene ring substituents is 1. The van der Waals surface area contributed by atoms with Crippen LogP contribution >= 0.6 is 7.60 Å². The van der Waals surface area contributed by atoms with Gasteiger partial charge in [0.25, 0.3) is 15.8 Å². The van der Waals surface area contributed by atoms with E-state index >= 15 is 0 Å². The van der Waals surface area contributed by atoms with Gasteiger partial charge >= 0.3 is 7.60 Å². The smallest absolute Gasteiger partial charge is 0.364 e. The zero-order valence-electron chi connectivity index (χ0n) is 21.5. The van der Waals surface area contributed by atoms with Crippen molar-refractivity contribution in [3.8, 4) is 0 Å². The van der Waals surface area contributed by atoms with Crippen molar-refractivity contribution in [3.05, 3.63) is 106 Å². The Morgan fingerprint density at radius 3 is 1.85 bits per heavy atom. The SMILES string of the molecule is CCCCC[C@H](O)[C@@H](OS(=O)(=O)c1ccc([N+](=O)[O-])cc1)P(=O)(OCc1ccccc1)OCc1ccccc1. The molecule has 1 N–H and O–H groups in total. The van der Waals surface area contributed by atoms with Gasteiger partial charge in [0, 0.05) is 12.1 Å². The zero-order valence-corrected chi connectivity index (χ0v) is 23.2. The summed E-state index contributed by atoms with van der Waals surface area (Å²) >= 11 is 0. The lowest BCUT2D eigenvalue weighted by Crippen LogP contribution is -2.33. The fraction of sp³-hybridized carbons (Fsp3) is 0.333. The standard InChI is InChI=1S/C27H32NO9PS/c1-2-3-6-15-26(29)27(37-39(33,34)25-18-16-24(17-19-25)28(30)31)38(32,35-20-22-11-7-4-8-12-22)36-21-23-13-9-5-10-14-23/h4-5,7-14,16-19,26-27,29H,2-3,6,15,20-21H2,1H3/t26-,27-/m0/s1. The molecular formula is C27H32NO9PS. The molecule has 3 aromatic rings. The highest BCUT2D eigenvalue weighted by Gasteiger charge is 2.45. The second kappa shape index (κ2) is 14.5. The predicted octanol–water partition coefficient (Wildman–Crippen LogP) is 6.19. The first-order valence-electron chi connectivity index (χ1n) is 12.5. The molecule has 0 spiro atoms. The molecule has 210 valence electrons. The third-order valence-corrected chi connectivity index (χ3v) is 9.32. The molecule has 10 nitrogen and oxygen atoms in total. The van der Waals surface area contributed by atoms with Crippen LogP contribution in [0, 0.1) is 10.1 Å². The summed E-state index contributed by atoms with van der Waals surface area (Å²) in [6.45, 7) is 1.59. The molecule has 0 aliphatic carbocycles. The average Bonchev–Trinajstić information content (AvgIpc) is 2.95. The number of unbranched alkanes of at least 4 members (excludes halogenated alkanes) is 2. The van der Waals surface area contributed by atoms with E-state index in [1.54, 1.807) is 60.7 Å². The molecule has 0 aromatic heterocycles. The summed E-state index contributed by atoms with van der Waals surface area (Å²) < 4.78 is 57.6. The number of nitrogens with zero attached hydrogens (tertiary/aromatic N) is 1. The van der Waals surface area contributed by atoms with Gasteiger partial charge in [-0.2, -0.15) is 8.42 Å². The molecule has 0 aliphatic heterocycles. The predicted molar refractivity (Wildman–Crippen MR) is 145 cm³/mol. The van der Waals surface area contributed by atoms with Crippen molar-refractivity contribution < 1.29 is 36.2 Å². The maximum Gasteiger partial charge on any atom is 0.364 e. The maximum absolute atomic E-state index is 14.3. The van der Waals surface area contributed by atoms with Crippen molar-refractivity contribution in [2.24, 2.45) is 0 Å². The minimum Gasteiger partial charge on any atom is -0.390 e. The highest BCUT2D eigenvalue weighted by atomic mass is 32.2. The number of nitro groups is 1. The van der Waals surface area contributed by atoms with E-state index in [1.165, 1.54) is 0 Å². The molecule has 0 saturated heterocycles. The fourth-order valence-electron chi connectivity index (χ4n) is 3.66. The Hall–Kier alpha value is -2.92. The van der Waals surface area contributed by atoms with Crippen LogP contribution in [0.25, 0.3) is 0 Å². The zero-order chi connectivity index (χ0) is 28.3. The van der Waals surface area contributed by atoms with Crippen molar-refractivity contribution in [3.63, 3.8) is 0 Å². The first kappa shape index (κ1) is 30.6. The number of rotatable bonds is 16. The molecule has 0 fully saturated rings. The van der Waals surface area contributed by atoms with E-state index in [1.807, 2.05) is 6.92 Å². The van der Waals surface area contributed by atoms with Gasteiger partial charge in [-0.3, -0.25) is 14.7 Å². The topological polar surface area (TPSA) is 142 Å². The van der Waals surface area contributed by atoms with Gasteiger partial charge in [-0.1, -0.05) is 86.8 Å². The van der Waals surface area contributed by atoms with E-state index in [-0.39, 0.29) is 25.3 Å². The highest BCUT2D eigenvalue weighted by molar-refractivity contribution is 7.87. The molecule has 0 radical (unpaired) electrons. The fourth-order valence-corrected chi connectivity index (χ4v) is 6.98. The summed E-state index contributed by atoms with van der Waals surface area (Å²) in [6, 6.07) is 21.7. The Morgan fingerprint density at radius 1 is 0.872 bits per heavy atom. The van der Waals surface area contributed by atoms with Gasteiger partial charge in [0.1, 0.15) is 0 Å². The maximum atomic E-state index is 14.3. The van der Waals surface area contributed by atoms with Crippen LogP contribution in [0.2, 0.25) is 0 Å². The summed E-state index contributed by atoms with van der Waals surface area (Å²) in [5, 5.41) is 22.1. The Balaban J connectivity index is 1.96. The molecule has 0 aliphatic rings. The molecule has 12 heteroatoms. The third-order valence-electron chi connectivity index (χ3n) is 5.81. The highest BCUT2D eigenvalue weighted by Crippen LogP contribution is 2.57. The van der Waals surface area contributed by atoms with Gasteiger partial charge in [-0.25, -0.2) is 4.18 Å². The Morgan fingerprint density at radius 2 is 1.38 bits per heavy atom. The minimum absolute atomic E-state index is 0.0850. The summed E-state index contributed by atoms with van der Waals surface area (Å²) in [7, 11) is -9.11. The van der Waals surface area contributed by atoms with Gasteiger partial charge in [0.15, 0.2) is 0 Å². The first-order chi connectivity index (χ1) is 18.6. The summed E-state index contributed by atoms with van der Waals surface area (Å²) in [6.07, 6.45) is 0.681. The van der Waals surface area contributed by atoms with Crippen LogP contribution in [0.1, 0.15) is 43.7 Å². The molecule has 2 atom stereocenters. The van der Waals surface area contributed by atoms with E-state index in [9.17, 15) is 28.2 Å². The van der Waals surface area contributed by atoms with Crippen molar-refractivity contribution in [2.45, 2.75) is 62.7 Å². The van der Waals surface area contributed by atoms with Crippen LogP contribution in [0.4, 0.5) is 5.69 Å². The second-order valence-corrected chi connectivity index (χ2v) is 12.5. The molecule has 0 amide bonds. The number of hydrogen-bond donors (Lipinski definition) is 1. The number of aliphatic hydroxyl groups excluding tert-OH is 1. The van der Waals surface area contributed by atoms with Crippen molar-refractivity contribution in [1.82, 2.24) is 0 Å². The summed E-state index contributed by atoms with van der Waals surface area (Å²) in [4.78, 5) is 9.91. The van der Waals surface area contributed by atoms with Gasteiger partial charge < -0.3 is 14.2 Å². The van der Waals surface area contributed by atoms with Gasteiger partial charge in [-0.05, 0) is 29.7 Å². The van der Waals surface area contributed by atoms with Gasteiger partial charge in [0.2, 0.25) is 5.85 Å². The number of hydrogen-bond acceptors (Lipinski definition) is 9. The molecule has 3 aromatic carbocycles. The van der Waals surface area contributed by atoms with E-state index in [0.29, 0.717) is 17.5 Å². The quantitative estimate of drug-likeness (QED) is 0.0693. The second-order valence-electron chi connectivity index (χ2n) is 8.81. The number of aliphatic hydroxyl groups is 1. The van der Waals surface area contributed by atoms with Crippen LogP contribution in [0.3, 0.4) is 0 Å². The van der Waals surface area contributed by atoms with Crippen LogP contribution in [0.5, 0.6) is 0 Å². The molecular weight excluding hydrogens is 545 g/mol. The van der Waals surface area contributed by atoms with Crippen LogP contribution in [-0.4, -0.2) is 30.4 Å². The lowest BCUT2D eigenvalue weighted by atomic mass is 10.1. The van der Waals surface area contributed by atoms with Gasteiger partial charge in [-0.15, -0.1) is 0 Å². The summed E-state index contributed by atoms with van der Waals surface area (Å²) in [5.41, 5.74) is 0.991. The van der Waals surface area contributed by atoms with E-state index < -0.39 is 39.5 Å².